The Labute approximate surface area is 130 Å². The van der Waals surface area contributed by atoms with Crippen LogP contribution in [0.3, 0.4) is 0 Å². The number of hydrogen-bond acceptors (Lipinski definition) is 4. The lowest BCUT2D eigenvalue weighted by Gasteiger charge is -2.22. The second kappa shape index (κ2) is 5.90. The summed E-state index contributed by atoms with van der Waals surface area (Å²) in [7, 11) is 0. The van der Waals surface area contributed by atoms with Crippen molar-refractivity contribution in [1.82, 2.24) is 9.97 Å². The number of anilines is 2. The predicted octanol–water partition coefficient (Wildman–Crippen LogP) is 3.75. The molecular weight excluding hydrogens is 284 g/mol. The maximum absolute atomic E-state index is 6.49. The molecule has 5 heteroatoms. The summed E-state index contributed by atoms with van der Waals surface area (Å²) in [5.74, 6) is 0.920. The Morgan fingerprint density at radius 3 is 3.00 bits per heavy atom. The zero-order valence-corrected chi connectivity index (χ0v) is 13.1. The molecule has 0 spiro atoms. The van der Waals surface area contributed by atoms with E-state index in [1.165, 1.54) is 0 Å². The zero-order chi connectivity index (χ0) is 14.8. The second-order valence-electron chi connectivity index (χ2n) is 5.23. The first-order valence-corrected chi connectivity index (χ1v) is 7.69. The Balaban J connectivity index is 2.10. The van der Waals surface area contributed by atoms with Gasteiger partial charge < -0.3 is 10.2 Å². The first kappa shape index (κ1) is 14.1. The molecule has 3 rings (SSSR count). The number of hydrogen-bond donors (Lipinski definition) is 1. The van der Waals surface area contributed by atoms with Crippen molar-refractivity contribution >= 4 is 23.1 Å². The van der Waals surface area contributed by atoms with E-state index in [9.17, 15) is 0 Å². The summed E-state index contributed by atoms with van der Waals surface area (Å²) in [6.07, 6.45) is 2.89. The Hall–Kier alpha value is -1.81. The molecule has 0 saturated carbocycles. The van der Waals surface area contributed by atoms with Crippen LogP contribution in [0.4, 0.5) is 11.5 Å². The van der Waals surface area contributed by atoms with Gasteiger partial charge in [0, 0.05) is 37.1 Å². The van der Waals surface area contributed by atoms with Gasteiger partial charge in [0.05, 0.1) is 16.4 Å². The van der Waals surface area contributed by atoms with Crippen LogP contribution >= 0.6 is 11.6 Å². The van der Waals surface area contributed by atoms with E-state index in [2.05, 4.69) is 22.1 Å². The van der Waals surface area contributed by atoms with Gasteiger partial charge in [0.15, 0.2) is 0 Å². The highest BCUT2D eigenvalue weighted by molar-refractivity contribution is 6.33. The molecule has 0 atom stereocenters. The quantitative estimate of drug-likeness (QED) is 0.917. The van der Waals surface area contributed by atoms with Gasteiger partial charge in [-0.15, -0.1) is 0 Å². The summed E-state index contributed by atoms with van der Waals surface area (Å²) >= 11 is 6.49. The first-order chi connectivity index (χ1) is 10.2. The predicted molar refractivity (Wildman–Crippen MR) is 88.2 cm³/mol. The molecule has 0 radical (unpaired) electrons. The number of nitrogens with zero attached hydrogens (tertiary/aromatic N) is 3. The fourth-order valence-electron chi connectivity index (χ4n) is 2.67. The van der Waals surface area contributed by atoms with E-state index in [1.54, 1.807) is 6.20 Å². The van der Waals surface area contributed by atoms with Crippen LogP contribution in [0.5, 0.6) is 0 Å². The van der Waals surface area contributed by atoms with Crippen molar-refractivity contribution in [3.63, 3.8) is 0 Å². The lowest BCUT2D eigenvalue weighted by Crippen LogP contribution is -2.23. The fourth-order valence-corrected chi connectivity index (χ4v) is 2.93. The molecule has 1 N–H and O–H groups in total. The largest absolute Gasteiger partial charge is 0.369 e. The molecule has 0 aromatic carbocycles. The number of halogens is 1. The minimum absolute atomic E-state index is 0.682. The Morgan fingerprint density at radius 1 is 1.38 bits per heavy atom. The van der Waals surface area contributed by atoms with E-state index in [1.807, 2.05) is 25.1 Å². The molecule has 2 aromatic rings. The lowest BCUT2D eigenvalue weighted by atomic mass is 10.1. The van der Waals surface area contributed by atoms with Gasteiger partial charge in [0.1, 0.15) is 5.82 Å². The highest BCUT2D eigenvalue weighted by atomic mass is 35.5. The molecule has 110 valence electrons. The zero-order valence-electron chi connectivity index (χ0n) is 12.4. The second-order valence-corrected chi connectivity index (χ2v) is 5.64. The van der Waals surface area contributed by atoms with E-state index < -0.39 is 0 Å². The highest BCUT2D eigenvalue weighted by Crippen LogP contribution is 2.35. The van der Waals surface area contributed by atoms with Crippen LogP contribution in [0, 0.1) is 6.92 Å². The van der Waals surface area contributed by atoms with Crippen molar-refractivity contribution in [2.45, 2.75) is 20.3 Å². The molecular formula is C16H19ClN4. The van der Waals surface area contributed by atoms with Gasteiger partial charge >= 0.3 is 0 Å². The van der Waals surface area contributed by atoms with Gasteiger partial charge in [-0.1, -0.05) is 11.6 Å². The van der Waals surface area contributed by atoms with Crippen LogP contribution in [0.1, 0.15) is 19.0 Å². The summed E-state index contributed by atoms with van der Waals surface area (Å²) in [6.45, 7) is 7.05. The molecule has 1 aliphatic heterocycles. The topological polar surface area (TPSA) is 41.0 Å². The van der Waals surface area contributed by atoms with E-state index in [-0.39, 0.29) is 0 Å². The molecule has 0 bridgehead atoms. The number of aryl methyl sites for hydroxylation is 1. The van der Waals surface area contributed by atoms with Gasteiger partial charge in [0.25, 0.3) is 0 Å². The number of rotatable bonds is 2. The van der Waals surface area contributed by atoms with E-state index in [0.717, 1.165) is 54.5 Å². The molecule has 0 amide bonds. The Morgan fingerprint density at radius 2 is 2.24 bits per heavy atom. The van der Waals surface area contributed by atoms with Crippen LogP contribution in [0.2, 0.25) is 5.02 Å². The third-order valence-electron chi connectivity index (χ3n) is 3.75. The van der Waals surface area contributed by atoms with Crippen molar-refractivity contribution in [1.29, 1.82) is 0 Å². The van der Waals surface area contributed by atoms with Gasteiger partial charge in [-0.3, -0.25) is 4.98 Å². The monoisotopic (exact) mass is 302 g/mol. The highest BCUT2D eigenvalue weighted by Gasteiger charge is 2.18. The molecule has 1 aliphatic rings. The standard InChI is InChI=1S/C16H19ClN4/c1-3-21-8-4-6-19-16-14(21)10-13(17)15(20-16)12-5-7-18-11(2)9-12/h5,7,9-10H,3-4,6,8H2,1-2H3,(H,19,20). The molecule has 21 heavy (non-hydrogen) atoms. The normalized spacial score (nSPS) is 14.3. The summed E-state index contributed by atoms with van der Waals surface area (Å²) in [4.78, 5) is 11.3. The average molecular weight is 303 g/mol. The van der Waals surface area contributed by atoms with Crippen LogP contribution in [0.25, 0.3) is 11.3 Å². The van der Waals surface area contributed by atoms with Crippen LogP contribution in [-0.4, -0.2) is 29.6 Å². The number of pyridine rings is 2. The summed E-state index contributed by atoms with van der Waals surface area (Å²) in [5.41, 5.74) is 3.87. The minimum atomic E-state index is 0.682. The summed E-state index contributed by atoms with van der Waals surface area (Å²) < 4.78 is 0. The molecule has 4 nitrogen and oxygen atoms in total. The van der Waals surface area contributed by atoms with Gasteiger partial charge in [-0.25, -0.2) is 4.98 Å². The van der Waals surface area contributed by atoms with E-state index in [4.69, 9.17) is 16.6 Å². The number of aromatic nitrogens is 2. The molecule has 0 aliphatic carbocycles. The number of nitrogens with one attached hydrogen (secondary N) is 1. The van der Waals surface area contributed by atoms with Crippen molar-refractivity contribution < 1.29 is 0 Å². The minimum Gasteiger partial charge on any atom is -0.369 e. The maximum Gasteiger partial charge on any atom is 0.150 e. The molecule has 0 unspecified atom stereocenters. The van der Waals surface area contributed by atoms with Gasteiger partial charge in [-0.2, -0.15) is 0 Å². The van der Waals surface area contributed by atoms with Gasteiger partial charge in [-0.05, 0) is 38.5 Å². The third kappa shape index (κ3) is 2.81. The first-order valence-electron chi connectivity index (χ1n) is 7.31. The number of fused-ring (bicyclic) bond motifs is 1. The fraction of sp³-hybridized carbons (Fsp3) is 0.375. The van der Waals surface area contributed by atoms with E-state index >= 15 is 0 Å². The van der Waals surface area contributed by atoms with Crippen molar-refractivity contribution in [2.24, 2.45) is 0 Å². The van der Waals surface area contributed by atoms with Crippen LogP contribution in [-0.2, 0) is 0 Å². The smallest absolute Gasteiger partial charge is 0.150 e. The maximum atomic E-state index is 6.49. The van der Waals surface area contributed by atoms with Crippen LogP contribution < -0.4 is 10.2 Å². The van der Waals surface area contributed by atoms with Crippen molar-refractivity contribution in [3.8, 4) is 11.3 Å². The summed E-state index contributed by atoms with van der Waals surface area (Å²) in [5, 5.41) is 4.10. The molecule has 0 fully saturated rings. The Bertz CT molecular complexity index is 657. The van der Waals surface area contributed by atoms with Gasteiger partial charge in [0.2, 0.25) is 0 Å². The molecule has 3 heterocycles. The van der Waals surface area contributed by atoms with Crippen molar-refractivity contribution in [3.05, 3.63) is 35.1 Å². The molecule has 0 saturated heterocycles. The SMILES string of the molecule is CCN1CCCNc2nc(-c3ccnc(C)c3)c(Cl)cc21. The third-order valence-corrected chi connectivity index (χ3v) is 4.03. The summed E-state index contributed by atoms with van der Waals surface area (Å²) in [6, 6.07) is 5.98. The van der Waals surface area contributed by atoms with Crippen LogP contribution in [0.15, 0.2) is 24.4 Å². The van der Waals surface area contributed by atoms with E-state index in [0.29, 0.717) is 5.02 Å². The Kier molecular flexibility index (Phi) is 3.97. The lowest BCUT2D eigenvalue weighted by molar-refractivity contribution is 0.786. The molecule has 2 aromatic heterocycles. The average Bonchev–Trinajstić information content (AvgIpc) is 2.68. The van der Waals surface area contributed by atoms with Crippen molar-refractivity contribution in [2.75, 3.05) is 29.9 Å².